The zero-order valence-electron chi connectivity index (χ0n) is 38.4. The van der Waals surface area contributed by atoms with Crippen LogP contribution in [0, 0.1) is 33.1 Å². The Bertz CT molecular complexity index is 2860. The number of aliphatic imine (C=N–C) groups is 1. The number of β-amino-alcohol motifs (C(OH)–C–C–N with tert-alkyl or cyclic N) is 1. The highest BCUT2D eigenvalue weighted by molar-refractivity contribution is 7.15. The van der Waals surface area contributed by atoms with Crippen molar-refractivity contribution >= 4 is 52.1 Å². The van der Waals surface area contributed by atoms with Crippen LogP contribution in [0.2, 0.25) is 0 Å². The molecule has 0 spiro atoms. The van der Waals surface area contributed by atoms with Crippen molar-refractivity contribution in [1.29, 1.82) is 0 Å². The standard InChI is InChI=1S/C48H52N10O7S2/c1-24-27(4)67-47-39(24)40(53-35(18-38(61)62)44-56-55-28(5)58(44)47)30-11-15-32(16-12-30)43-49-19-34(20-50-43)65-22-37(60)54-42(48(6,7)8)46(64)57-21-33(59)17-36(57)45(63)52-25(2)29-9-13-31(14-10-29)41-26(3)51-23-66-41/h9-16,19-20,23,25,33,35-36,42,59H,17-18,21-22H2,1-8H3,(H,52,63)(H,54,60)(H,61,62)/t25-,33+,35-,36-,42+/m0/s1. The van der Waals surface area contributed by atoms with Crippen molar-refractivity contribution < 1.29 is 34.1 Å². The molecule has 6 heterocycles. The molecule has 2 aliphatic heterocycles. The van der Waals surface area contributed by atoms with E-state index in [9.17, 15) is 29.4 Å². The third-order valence-corrected chi connectivity index (χ3v) is 14.3. The molecular formula is C48H52N10O7S2. The third-order valence-electron chi connectivity index (χ3n) is 12.1. The number of fused-ring (bicyclic) bond motifs is 3. The molecule has 6 aromatic rings. The Morgan fingerprint density at radius 3 is 2.22 bits per heavy atom. The van der Waals surface area contributed by atoms with Crippen LogP contribution in [0.15, 0.2) is 71.4 Å². The fourth-order valence-electron chi connectivity index (χ4n) is 8.37. The number of aryl methyl sites for hydroxylation is 3. The van der Waals surface area contributed by atoms with E-state index in [0.29, 0.717) is 28.7 Å². The van der Waals surface area contributed by atoms with Gasteiger partial charge in [-0.25, -0.2) is 15.0 Å². The molecule has 0 radical (unpaired) electrons. The van der Waals surface area contributed by atoms with Gasteiger partial charge in [0.25, 0.3) is 5.91 Å². The normalized spacial score (nSPS) is 17.7. The van der Waals surface area contributed by atoms with Crippen molar-refractivity contribution in [3.05, 3.63) is 111 Å². The molecule has 67 heavy (non-hydrogen) atoms. The Labute approximate surface area is 395 Å². The van der Waals surface area contributed by atoms with Gasteiger partial charge in [0, 0.05) is 34.5 Å². The number of ether oxygens (including phenoxy) is 1. The van der Waals surface area contributed by atoms with Crippen molar-refractivity contribution in [2.24, 2.45) is 10.4 Å². The van der Waals surface area contributed by atoms with E-state index in [1.54, 1.807) is 22.7 Å². The fourth-order valence-corrected chi connectivity index (χ4v) is 10.4. The molecule has 2 aromatic carbocycles. The van der Waals surface area contributed by atoms with Crippen LogP contribution >= 0.6 is 22.7 Å². The van der Waals surface area contributed by atoms with Gasteiger partial charge in [0.2, 0.25) is 11.8 Å². The van der Waals surface area contributed by atoms with Crippen LogP contribution < -0.4 is 15.4 Å². The van der Waals surface area contributed by atoms with E-state index in [0.717, 1.165) is 48.3 Å². The summed E-state index contributed by atoms with van der Waals surface area (Å²) in [6.07, 6.45) is 1.81. The Hall–Kier alpha value is -6.70. The molecule has 0 aliphatic carbocycles. The minimum Gasteiger partial charge on any atom is -0.481 e. The summed E-state index contributed by atoms with van der Waals surface area (Å²) in [5.74, 6) is -0.687. The summed E-state index contributed by atoms with van der Waals surface area (Å²) in [7, 11) is 0. The molecule has 1 fully saturated rings. The number of aliphatic hydroxyl groups excluding tert-OH is 1. The highest BCUT2D eigenvalue weighted by Crippen LogP contribution is 2.40. The number of thiazole rings is 1. The second-order valence-corrected chi connectivity index (χ2v) is 20.0. The molecule has 348 valence electrons. The number of hydrogen-bond acceptors (Lipinski definition) is 14. The third kappa shape index (κ3) is 9.75. The number of carbonyl (C=O) groups excluding carboxylic acids is 3. The Balaban J connectivity index is 0.902. The number of carboxylic acid groups (broad SMARTS) is 1. The van der Waals surface area contributed by atoms with Gasteiger partial charge in [0.1, 0.15) is 29.0 Å². The molecule has 5 atom stereocenters. The Kier molecular flexibility index (Phi) is 13.2. The SMILES string of the molecule is Cc1ncsc1-c1ccc([C@H](C)NC(=O)[C@@H]2C[C@@H](O)CN2C(=O)[C@@H](NC(=O)COc2cnc(-c3ccc(C4=N[C@@H](CC(=O)O)c5nnc(C)n5-c5sc(C)c(C)c54)cc3)nc2)C(C)(C)C)cc1. The van der Waals surface area contributed by atoms with E-state index >= 15 is 0 Å². The van der Waals surface area contributed by atoms with E-state index in [2.05, 4.69) is 35.8 Å². The summed E-state index contributed by atoms with van der Waals surface area (Å²) in [6.45, 7) is 14.7. The highest BCUT2D eigenvalue weighted by atomic mass is 32.1. The molecular weight excluding hydrogens is 893 g/mol. The molecule has 3 amide bonds. The minimum atomic E-state index is -1.04. The van der Waals surface area contributed by atoms with E-state index in [4.69, 9.17) is 9.73 Å². The predicted octanol–water partition coefficient (Wildman–Crippen LogP) is 6.26. The van der Waals surface area contributed by atoms with E-state index < -0.39 is 59.9 Å². The maximum atomic E-state index is 14.2. The summed E-state index contributed by atoms with van der Waals surface area (Å²) in [6, 6.07) is 12.3. The van der Waals surface area contributed by atoms with Crippen LogP contribution in [0.25, 0.3) is 26.8 Å². The summed E-state index contributed by atoms with van der Waals surface area (Å²) in [5.41, 5.74) is 8.00. The van der Waals surface area contributed by atoms with Gasteiger partial charge in [-0.05, 0) is 56.7 Å². The minimum absolute atomic E-state index is 0.0548. The molecule has 4 aromatic heterocycles. The molecule has 0 saturated carbocycles. The van der Waals surface area contributed by atoms with E-state index in [-0.39, 0.29) is 31.2 Å². The first-order valence-electron chi connectivity index (χ1n) is 21.8. The molecule has 0 bridgehead atoms. The van der Waals surface area contributed by atoms with Crippen molar-refractivity contribution in [3.8, 4) is 32.6 Å². The van der Waals surface area contributed by atoms with Crippen LogP contribution in [-0.4, -0.2) is 106 Å². The number of carbonyl (C=O) groups is 4. The summed E-state index contributed by atoms with van der Waals surface area (Å²) in [4.78, 5) is 75.0. The lowest BCUT2D eigenvalue weighted by Gasteiger charge is -2.35. The number of benzene rings is 2. The van der Waals surface area contributed by atoms with E-state index in [1.165, 1.54) is 17.3 Å². The monoisotopic (exact) mass is 944 g/mol. The van der Waals surface area contributed by atoms with Gasteiger partial charge >= 0.3 is 5.97 Å². The van der Waals surface area contributed by atoms with Gasteiger partial charge in [0.15, 0.2) is 24.0 Å². The highest BCUT2D eigenvalue weighted by Gasteiger charge is 2.45. The van der Waals surface area contributed by atoms with Crippen LogP contribution in [-0.2, 0) is 19.2 Å². The first kappa shape index (κ1) is 46.8. The first-order valence-corrected chi connectivity index (χ1v) is 23.5. The van der Waals surface area contributed by atoms with Crippen LogP contribution in [0.5, 0.6) is 5.75 Å². The summed E-state index contributed by atoms with van der Waals surface area (Å²) in [5, 5.41) is 35.8. The number of thiophene rings is 1. The lowest BCUT2D eigenvalue weighted by Crippen LogP contribution is -2.58. The Morgan fingerprint density at radius 2 is 1.58 bits per heavy atom. The maximum absolute atomic E-state index is 14.2. The van der Waals surface area contributed by atoms with Crippen molar-refractivity contribution in [2.75, 3.05) is 13.2 Å². The van der Waals surface area contributed by atoms with Gasteiger partial charge in [-0.1, -0.05) is 69.3 Å². The average Bonchev–Trinajstić information content (AvgIpc) is 4.06. The average molecular weight is 945 g/mol. The zero-order valence-corrected chi connectivity index (χ0v) is 40.0. The second kappa shape index (κ2) is 18.9. The number of aromatic nitrogens is 6. The lowest BCUT2D eigenvalue weighted by atomic mass is 9.85. The first-order chi connectivity index (χ1) is 31.9. The number of aliphatic hydroxyl groups is 1. The molecule has 17 nitrogen and oxygen atoms in total. The largest absolute Gasteiger partial charge is 0.481 e. The Morgan fingerprint density at radius 1 is 0.910 bits per heavy atom. The molecule has 2 aliphatic rings. The number of likely N-dealkylation sites (tertiary alicyclic amines) is 1. The second-order valence-electron chi connectivity index (χ2n) is 18.0. The smallest absolute Gasteiger partial charge is 0.306 e. The number of amides is 3. The molecule has 8 rings (SSSR count). The van der Waals surface area contributed by atoms with Crippen molar-refractivity contribution in [3.63, 3.8) is 0 Å². The molecule has 4 N–H and O–H groups in total. The number of hydrogen-bond donors (Lipinski definition) is 4. The topological polar surface area (TPSA) is 227 Å². The predicted molar refractivity (Wildman–Crippen MR) is 253 cm³/mol. The quantitative estimate of drug-likeness (QED) is 0.101. The van der Waals surface area contributed by atoms with Crippen molar-refractivity contribution in [2.45, 2.75) is 98.5 Å². The zero-order chi connectivity index (χ0) is 47.9. The molecule has 19 heteroatoms. The van der Waals surface area contributed by atoms with Gasteiger partial charge in [-0.2, -0.15) is 0 Å². The number of nitrogens with zero attached hydrogens (tertiary/aromatic N) is 8. The van der Waals surface area contributed by atoms with Crippen LogP contribution in [0.1, 0.15) is 97.1 Å². The number of aliphatic carboxylic acids is 1. The van der Waals surface area contributed by atoms with Gasteiger partial charge in [-0.15, -0.1) is 32.9 Å². The number of carboxylic acids is 1. The van der Waals surface area contributed by atoms with Gasteiger partial charge in [0.05, 0.1) is 52.8 Å². The molecule has 1 saturated heterocycles. The summed E-state index contributed by atoms with van der Waals surface area (Å²) < 4.78 is 7.67. The van der Waals surface area contributed by atoms with E-state index in [1.807, 2.05) is 114 Å². The maximum Gasteiger partial charge on any atom is 0.306 e. The number of nitrogens with one attached hydrogen (secondary N) is 2. The van der Waals surface area contributed by atoms with Crippen LogP contribution in [0.3, 0.4) is 0 Å². The van der Waals surface area contributed by atoms with Crippen molar-refractivity contribution in [1.82, 2.24) is 45.2 Å². The number of rotatable bonds is 13. The summed E-state index contributed by atoms with van der Waals surface area (Å²) >= 11 is 3.15. The van der Waals surface area contributed by atoms with Crippen LogP contribution in [0.4, 0.5) is 0 Å². The fraction of sp³-hybridized carbons (Fsp3) is 0.375. The van der Waals surface area contributed by atoms with Gasteiger partial charge in [-0.3, -0.25) is 28.7 Å². The molecule has 0 unspecified atom stereocenters. The van der Waals surface area contributed by atoms with Gasteiger partial charge < -0.3 is 30.5 Å². The lowest BCUT2D eigenvalue weighted by molar-refractivity contribution is -0.144.